The summed E-state index contributed by atoms with van der Waals surface area (Å²) in [5.41, 5.74) is 2.76. The van der Waals surface area contributed by atoms with Gasteiger partial charge in [0.05, 0.1) is 30.0 Å². The van der Waals surface area contributed by atoms with Crippen molar-refractivity contribution in [2.45, 2.75) is 29.9 Å². The molecule has 1 saturated heterocycles. The first-order chi connectivity index (χ1) is 14.5. The van der Waals surface area contributed by atoms with E-state index < -0.39 is 0 Å². The minimum atomic E-state index is -0.286. The van der Waals surface area contributed by atoms with Gasteiger partial charge < -0.3 is 15.3 Å². The van der Waals surface area contributed by atoms with Crippen LogP contribution in [0.3, 0.4) is 0 Å². The number of rotatable bonds is 6. The first kappa shape index (κ1) is 20.9. The van der Waals surface area contributed by atoms with E-state index in [-0.39, 0.29) is 30.4 Å². The Balaban J connectivity index is 1.49. The molecule has 0 spiro atoms. The number of aliphatic hydroxyl groups excluding tert-OH is 1. The Kier molecular flexibility index (Phi) is 6.41. The highest BCUT2D eigenvalue weighted by molar-refractivity contribution is 8.00. The van der Waals surface area contributed by atoms with Gasteiger partial charge in [-0.1, -0.05) is 36.4 Å². The molecule has 2 amide bonds. The minimum Gasteiger partial charge on any atom is -0.392 e. The summed E-state index contributed by atoms with van der Waals surface area (Å²) in [4.78, 5) is 29.9. The summed E-state index contributed by atoms with van der Waals surface area (Å²) in [5, 5.41) is 12.8. The van der Waals surface area contributed by atoms with E-state index in [4.69, 9.17) is 0 Å². The molecular formula is C23H27N3O3S. The van der Waals surface area contributed by atoms with Gasteiger partial charge in [0.1, 0.15) is 0 Å². The van der Waals surface area contributed by atoms with Crippen LogP contribution < -0.4 is 5.32 Å². The molecule has 4 rings (SSSR count). The smallest absolute Gasteiger partial charge is 0.234 e. The van der Waals surface area contributed by atoms with Gasteiger partial charge in [-0.25, -0.2) is 0 Å². The molecule has 1 unspecified atom stereocenters. The monoisotopic (exact) mass is 425 g/mol. The van der Waals surface area contributed by atoms with Crippen molar-refractivity contribution in [1.29, 1.82) is 0 Å². The van der Waals surface area contributed by atoms with E-state index in [1.807, 2.05) is 60.5 Å². The number of nitrogens with zero attached hydrogens (tertiary/aromatic N) is 2. The Hall–Kier alpha value is -2.35. The van der Waals surface area contributed by atoms with E-state index in [0.717, 1.165) is 34.7 Å². The number of hydrogen-bond acceptors (Lipinski definition) is 5. The van der Waals surface area contributed by atoms with Crippen molar-refractivity contribution in [3.05, 3.63) is 59.7 Å². The third-order valence-electron chi connectivity index (χ3n) is 5.76. The number of amides is 2. The molecule has 2 aliphatic rings. The van der Waals surface area contributed by atoms with Crippen molar-refractivity contribution < 1.29 is 14.7 Å². The molecular weight excluding hydrogens is 398 g/mol. The number of anilines is 1. The molecule has 158 valence electrons. The topological polar surface area (TPSA) is 72.9 Å². The Morgan fingerprint density at radius 2 is 2.10 bits per heavy atom. The molecule has 1 fully saturated rings. The summed E-state index contributed by atoms with van der Waals surface area (Å²) in [6, 6.07) is 15.8. The second-order valence-corrected chi connectivity index (χ2v) is 8.99. The van der Waals surface area contributed by atoms with Gasteiger partial charge in [-0.3, -0.25) is 14.5 Å². The second kappa shape index (κ2) is 9.20. The Bertz CT molecular complexity index is 921. The van der Waals surface area contributed by atoms with Crippen molar-refractivity contribution in [3.63, 3.8) is 0 Å². The van der Waals surface area contributed by atoms with Crippen molar-refractivity contribution in [3.8, 4) is 0 Å². The number of carbonyl (C=O) groups is 2. The van der Waals surface area contributed by atoms with Crippen LogP contribution >= 0.6 is 11.8 Å². The SMILES string of the molecule is CN(C(=O)Cc1ccc2c(c1)NC(=O)CS2)[C@H](CN1CCC(O)C1)c1ccccc1. The fourth-order valence-corrected chi connectivity index (χ4v) is 4.85. The molecule has 2 N–H and O–H groups in total. The average molecular weight is 426 g/mol. The van der Waals surface area contributed by atoms with Crippen LogP contribution in [-0.4, -0.2) is 65.3 Å². The lowest BCUT2D eigenvalue weighted by Gasteiger charge is -2.32. The van der Waals surface area contributed by atoms with E-state index in [0.29, 0.717) is 18.8 Å². The molecule has 30 heavy (non-hydrogen) atoms. The van der Waals surface area contributed by atoms with Gasteiger partial charge in [-0.15, -0.1) is 11.8 Å². The highest BCUT2D eigenvalue weighted by atomic mass is 32.2. The lowest BCUT2D eigenvalue weighted by molar-refractivity contribution is -0.131. The van der Waals surface area contributed by atoms with E-state index in [2.05, 4.69) is 10.2 Å². The summed E-state index contributed by atoms with van der Waals surface area (Å²) >= 11 is 1.52. The van der Waals surface area contributed by atoms with Crippen molar-refractivity contribution in [2.75, 3.05) is 37.8 Å². The summed E-state index contributed by atoms with van der Waals surface area (Å²) in [5.74, 6) is 0.446. The number of likely N-dealkylation sites (N-methyl/N-ethyl adjacent to an activating group) is 1. The van der Waals surface area contributed by atoms with Gasteiger partial charge >= 0.3 is 0 Å². The van der Waals surface area contributed by atoms with E-state index in [1.165, 1.54) is 11.8 Å². The Labute approximate surface area is 181 Å². The zero-order chi connectivity index (χ0) is 21.1. The van der Waals surface area contributed by atoms with E-state index in [9.17, 15) is 14.7 Å². The summed E-state index contributed by atoms with van der Waals surface area (Å²) in [6.07, 6.45) is 0.764. The van der Waals surface area contributed by atoms with Crippen molar-refractivity contribution >= 4 is 29.3 Å². The number of likely N-dealkylation sites (tertiary alicyclic amines) is 1. The van der Waals surface area contributed by atoms with Crippen molar-refractivity contribution in [1.82, 2.24) is 9.80 Å². The standard InChI is InChI=1S/C23H27N3O3S/c1-25(20(17-5-3-2-4-6-17)14-26-10-9-18(27)13-26)23(29)12-16-7-8-21-19(11-16)24-22(28)15-30-21/h2-8,11,18,20,27H,9-10,12-15H2,1H3,(H,24,28)/t18?,20-/m1/s1. The van der Waals surface area contributed by atoms with Crippen LogP contribution in [-0.2, 0) is 16.0 Å². The molecule has 0 bridgehead atoms. The number of thioether (sulfide) groups is 1. The molecule has 0 aliphatic carbocycles. The third-order valence-corrected chi connectivity index (χ3v) is 6.83. The van der Waals surface area contributed by atoms with E-state index in [1.54, 1.807) is 0 Å². The largest absolute Gasteiger partial charge is 0.392 e. The molecule has 2 heterocycles. The maximum Gasteiger partial charge on any atom is 0.234 e. The lowest BCUT2D eigenvalue weighted by Crippen LogP contribution is -2.39. The Morgan fingerprint density at radius 3 is 2.83 bits per heavy atom. The molecule has 2 atom stereocenters. The van der Waals surface area contributed by atoms with Crippen LogP contribution in [0.1, 0.15) is 23.6 Å². The maximum absolute atomic E-state index is 13.2. The average Bonchev–Trinajstić information content (AvgIpc) is 3.16. The molecule has 2 aromatic carbocycles. The highest BCUT2D eigenvalue weighted by Crippen LogP contribution is 2.32. The molecule has 7 heteroatoms. The molecule has 2 aromatic rings. The fourth-order valence-electron chi connectivity index (χ4n) is 4.06. The maximum atomic E-state index is 13.2. The van der Waals surface area contributed by atoms with Gasteiger partial charge in [0.15, 0.2) is 0 Å². The predicted molar refractivity (Wildman–Crippen MR) is 119 cm³/mol. The third kappa shape index (κ3) is 4.86. The molecule has 0 aromatic heterocycles. The number of nitrogens with one attached hydrogen (secondary N) is 1. The van der Waals surface area contributed by atoms with Crippen LogP contribution in [0.5, 0.6) is 0 Å². The summed E-state index contributed by atoms with van der Waals surface area (Å²) in [7, 11) is 1.85. The Morgan fingerprint density at radius 1 is 1.30 bits per heavy atom. The van der Waals surface area contributed by atoms with Crippen LogP contribution in [0.25, 0.3) is 0 Å². The van der Waals surface area contributed by atoms with Gasteiger partial charge in [-0.05, 0) is 29.7 Å². The van der Waals surface area contributed by atoms with Crippen LogP contribution in [0, 0.1) is 0 Å². The molecule has 0 saturated carbocycles. The minimum absolute atomic E-state index is 0.00923. The van der Waals surface area contributed by atoms with Gasteiger partial charge in [0.25, 0.3) is 0 Å². The number of β-amino-alcohol motifs (C(OH)–C–C–N with tert-alkyl or cyclic N) is 1. The van der Waals surface area contributed by atoms with Crippen LogP contribution in [0.4, 0.5) is 5.69 Å². The van der Waals surface area contributed by atoms with Gasteiger partial charge in [0.2, 0.25) is 11.8 Å². The second-order valence-electron chi connectivity index (χ2n) is 7.98. The predicted octanol–water partition coefficient (Wildman–Crippen LogP) is 2.54. The van der Waals surface area contributed by atoms with Crippen LogP contribution in [0.15, 0.2) is 53.4 Å². The lowest BCUT2D eigenvalue weighted by atomic mass is 10.0. The molecule has 2 aliphatic heterocycles. The zero-order valence-corrected chi connectivity index (χ0v) is 17.9. The zero-order valence-electron chi connectivity index (χ0n) is 17.1. The number of carbonyl (C=O) groups excluding carboxylic acids is 2. The van der Waals surface area contributed by atoms with Crippen molar-refractivity contribution in [2.24, 2.45) is 0 Å². The number of benzene rings is 2. The summed E-state index contributed by atoms with van der Waals surface area (Å²) < 4.78 is 0. The number of fused-ring (bicyclic) bond motifs is 1. The number of hydrogen-bond donors (Lipinski definition) is 2. The summed E-state index contributed by atoms with van der Waals surface area (Å²) in [6.45, 7) is 2.18. The first-order valence-corrected chi connectivity index (χ1v) is 11.2. The van der Waals surface area contributed by atoms with Gasteiger partial charge in [-0.2, -0.15) is 0 Å². The van der Waals surface area contributed by atoms with E-state index >= 15 is 0 Å². The van der Waals surface area contributed by atoms with Crippen LogP contribution in [0.2, 0.25) is 0 Å². The quantitative estimate of drug-likeness (QED) is 0.744. The normalized spacial score (nSPS) is 19.8. The fraction of sp³-hybridized carbons (Fsp3) is 0.391. The number of aliphatic hydroxyl groups is 1. The first-order valence-electron chi connectivity index (χ1n) is 10.3. The highest BCUT2D eigenvalue weighted by Gasteiger charge is 2.28. The van der Waals surface area contributed by atoms with Gasteiger partial charge in [0, 0.05) is 31.6 Å². The molecule has 0 radical (unpaired) electrons. The molecule has 6 nitrogen and oxygen atoms in total.